The first-order valence-electron chi connectivity index (χ1n) is 8.00. The number of ether oxygens (including phenoxy) is 1. The Morgan fingerprint density at radius 3 is 2.48 bits per heavy atom. The fraction of sp³-hybridized carbons (Fsp3) is 0.556. The minimum absolute atomic E-state index is 0.0983. The number of amides is 1. The van der Waals surface area contributed by atoms with Crippen LogP contribution >= 0.6 is 0 Å². The molecule has 1 aliphatic rings. The van der Waals surface area contributed by atoms with Crippen LogP contribution in [0.2, 0.25) is 0 Å². The molecule has 1 amide bonds. The molecule has 1 aromatic carbocycles. The van der Waals surface area contributed by atoms with Gasteiger partial charge in [-0.3, -0.25) is 4.90 Å². The summed E-state index contributed by atoms with van der Waals surface area (Å²) >= 11 is 0. The number of nitriles is 1. The third kappa shape index (κ3) is 4.46. The summed E-state index contributed by atoms with van der Waals surface area (Å²) in [6.45, 7) is 9.45. The highest BCUT2D eigenvalue weighted by Crippen LogP contribution is 2.25. The first-order valence-corrected chi connectivity index (χ1v) is 8.00. The van der Waals surface area contributed by atoms with Crippen molar-refractivity contribution in [2.24, 2.45) is 0 Å². The third-order valence-electron chi connectivity index (χ3n) is 3.90. The number of hydrogen-bond donors (Lipinski definition) is 0. The molecule has 2 rings (SSSR count). The number of benzene rings is 1. The molecule has 0 spiro atoms. The van der Waals surface area contributed by atoms with E-state index < -0.39 is 5.60 Å². The number of nitrogens with zero attached hydrogens (tertiary/aromatic N) is 3. The maximum Gasteiger partial charge on any atom is 0.410 e. The van der Waals surface area contributed by atoms with Crippen molar-refractivity contribution in [3.05, 3.63) is 35.9 Å². The van der Waals surface area contributed by atoms with Crippen molar-refractivity contribution >= 4 is 6.09 Å². The smallest absolute Gasteiger partial charge is 0.410 e. The molecular formula is C18H25N3O2. The lowest BCUT2D eigenvalue weighted by atomic mass is 10.0. The second-order valence-electron chi connectivity index (χ2n) is 6.96. The first-order chi connectivity index (χ1) is 10.8. The standard InChI is InChI=1S/C18H25N3O2/c1-14-13-20(17(22)23-18(2,3)4)10-11-21(14)16(12-19)15-8-6-5-7-9-15/h5-9,14,16H,10-11,13H2,1-4H3. The highest BCUT2D eigenvalue weighted by molar-refractivity contribution is 5.68. The van der Waals surface area contributed by atoms with E-state index in [9.17, 15) is 10.1 Å². The Morgan fingerprint density at radius 2 is 1.96 bits per heavy atom. The summed E-state index contributed by atoms with van der Waals surface area (Å²) in [5.41, 5.74) is 0.504. The molecule has 5 nitrogen and oxygen atoms in total. The van der Waals surface area contributed by atoms with Crippen LogP contribution in [0.5, 0.6) is 0 Å². The number of hydrogen-bond acceptors (Lipinski definition) is 4. The van der Waals surface area contributed by atoms with Crippen molar-refractivity contribution in [3.8, 4) is 6.07 Å². The molecule has 0 saturated carbocycles. The van der Waals surface area contributed by atoms with E-state index in [4.69, 9.17) is 4.74 Å². The van der Waals surface area contributed by atoms with Crippen LogP contribution in [-0.4, -0.2) is 47.2 Å². The fourth-order valence-corrected chi connectivity index (χ4v) is 2.82. The van der Waals surface area contributed by atoms with Crippen molar-refractivity contribution < 1.29 is 9.53 Å². The van der Waals surface area contributed by atoms with Crippen LogP contribution in [0.3, 0.4) is 0 Å². The van der Waals surface area contributed by atoms with E-state index in [-0.39, 0.29) is 18.2 Å². The van der Waals surface area contributed by atoms with Gasteiger partial charge in [0.2, 0.25) is 0 Å². The van der Waals surface area contributed by atoms with Gasteiger partial charge in [-0.15, -0.1) is 0 Å². The van der Waals surface area contributed by atoms with E-state index in [1.807, 2.05) is 58.0 Å². The fourth-order valence-electron chi connectivity index (χ4n) is 2.82. The molecular weight excluding hydrogens is 290 g/mol. The van der Waals surface area contributed by atoms with Gasteiger partial charge < -0.3 is 9.64 Å². The van der Waals surface area contributed by atoms with E-state index in [0.717, 1.165) is 5.56 Å². The lowest BCUT2D eigenvalue weighted by Gasteiger charge is -2.42. The second-order valence-corrected chi connectivity index (χ2v) is 6.96. The molecule has 0 radical (unpaired) electrons. The Bertz CT molecular complexity index is 574. The average molecular weight is 315 g/mol. The summed E-state index contributed by atoms with van der Waals surface area (Å²) in [6.07, 6.45) is -0.280. The SMILES string of the molecule is CC1CN(C(=O)OC(C)(C)C)CCN1C(C#N)c1ccccc1. The Balaban J connectivity index is 2.04. The minimum atomic E-state index is -0.489. The highest BCUT2D eigenvalue weighted by Gasteiger charge is 2.33. The quantitative estimate of drug-likeness (QED) is 0.841. The molecule has 1 aliphatic heterocycles. The summed E-state index contributed by atoms with van der Waals surface area (Å²) in [7, 11) is 0. The number of rotatable bonds is 2. The molecule has 1 aromatic rings. The maximum atomic E-state index is 12.2. The average Bonchev–Trinajstić information content (AvgIpc) is 2.49. The Hall–Kier alpha value is -2.06. The van der Waals surface area contributed by atoms with Crippen molar-refractivity contribution in [1.82, 2.24) is 9.80 Å². The second kappa shape index (κ2) is 7.01. The summed E-state index contributed by atoms with van der Waals surface area (Å²) < 4.78 is 5.44. The van der Waals surface area contributed by atoms with Crippen LogP contribution in [0.4, 0.5) is 4.79 Å². The predicted octanol–water partition coefficient (Wildman–Crippen LogP) is 3.19. The molecule has 5 heteroatoms. The first kappa shape index (κ1) is 17.3. The zero-order chi connectivity index (χ0) is 17.0. The molecule has 2 unspecified atom stereocenters. The normalized spacial score (nSPS) is 20.7. The van der Waals surface area contributed by atoms with Gasteiger partial charge in [0, 0.05) is 25.7 Å². The lowest BCUT2D eigenvalue weighted by Crippen LogP contribution is -2.55. The minimum Gasteiger partial charge on any atom is -0.444 e. The van der Waals surface area contributed by atoms with Gasteiger partial charge in [0.25, 0.3) is 0 Å². The van der Waals surface area contributed by atoms with Gasteiger partial charge in [-0.25, -0.2) is 4.79 Å². The molecule has 1 heterocycles. The van der Waals surface area contributed by atoms with Gasteiger partial charge in [0.05, 0.1) is 6.07 Å². The van der Waals surface area contributed by atoms with Gasteiger partial charge in [0.15, 0.2) is 0 Å². The van der Waals surface area contributed by atoms with Crippen LogP contribution < -0.4 is 0 Å². The van der Waals surface area contributed by atoms with Crippen LogP contribution in [0.1, 0.15) is 39.3 Å². The molecule has 0 aromatic heterocycles. The number of piperazine rings is 1. The van der Waals surface area contributed by atoms with E-state index in [1.54, 1.807) is 4.90 Å². The predicted molar refractivity (Wildman–Crippen MR) is 88.8 cm³/mol. The van der Waals surface area contributed by atoms with Gasteiger partial charge in [0.1, 0.15) is 11.6 Å². The van der Waals surface area contributed by atoms with Gasteiger partial charge >= 0.3 is 6.09 Å². The topological polar surface area (TPSA) is 56.6 Å². The van der Waals surface area contributed by atoms with Crippen LogP contribution in [0, 0.1) is 11.3 Å². The van der Waals surface area contributed by atoms with E-state index >= 15 is 0 Å². The molecule has 23 heavy (non-hydrogen) atoms. The van der Waals surface area contributed by atoms with Crippen molar-refractivity contribution in [2.75, 3.05) is 19.6 Å². The van der Waals surface area contributed by atoms with E-state index in [2.05, 4.69) is 11.0 Å². The molecule has 0 N–H and O–H groups in total. The third-order valence-corrected chi connectivity index (χ3v) is 3.90. The highest BCUT2D eigenvalue weighted by atomic mass is 16.6. The van der Waals surface area contributed by atoms with E-state index in [1.165, 1.54) is 0 Å². The molecule has 124 valence electrons. The molecule has 0 aliphatic carbocycles. The van der Waals surface area contributed by atoms with Crippen molar-refractivity contribution in [1.29, 1.82) is 5.26 Å². The zero-order valence-corrected chi connectivity index (χ0v) is 14.3. The summed E-state index contributed by atoms with van der Waals surface area (Å²) in [6, 6.07) is 12.0. The monoisotopic (exact) mass is 315 g/mol. The Labute approximate surface area is 138 Å². The summed E-state index contributed by atoms with van der Waals surface area (Å²) in [5.74, 6) is 0. The summed E-state index contributed by atoms with van der Waals surface area (Å²) in [4.78, 5) is 16.1. The number of carbonyl (C=O) groups excluding carboxylic acids is 1. The van der Waals surface area contributed by atoms with Gasteiger partial charge in [-0.05, 0) is 33.3 Å². The van der Waals surface area contributed by atoms with Gasteiger partial charge in [-0.1, -0.05) is 30.3 Å². The van der Waals surface area contributed by atoms with E-state index in [0.29, 0.717) is 19.6 Å². The lowest BCUT2D eigenvalue weighted by molar-refractivity contribution is 0.00197. The van der Waals surface area contributed by atoms with Crippen LogP contribution in [0.25, 0.3) is 0 Å². The summed E-state index contributed by atoms with van der Waals surface area (Å²) in [5, 5.41) is 9.58. The van der Waals surface area contributed by atoms with Gasteiger partial charge in [-0.2, -0.15) is 5.26 Å². The van der Waals surface area contributed by atoms with Crippen molar-refractivity contribution in [2.45, 2.75) is 45.4 Å². The molecule has 2 atom stereocenters. The molecule has 1 fully saturated rings. The van der Waals surface area contributed by atoms with Crippen LogP contribution in [-0.2, 0) is 4.74 Å². The maximum absolute atomic E-state index is 12.2. The largest absolute Gasteiger partial charge is 0.444 e. The molecule has 1 saturated heterocycles. The van der Waals surface area contributed by atoms with Crippen molar-refractivity contribution in [3.63, 3.8) is 0 Å². The Kier molecular flexibility index (Phi) is 5.27. The Morgan fingerprint density at radius 1 is 1.30 bits per heavy atom. The number of carbonyl (C=O) groups is 1. The van der Waals surface area contributed by atoms with Crippen LogP contribution in [0.15, 0.2) is 30.3 Å². The zero-order valence-electron chi connectivity index (χ0n) is 14.3. The molecule has 0 bridgehead atoms.